The van der Waals surface area contributed by atoms with Crippen LogP contribution in [0.15, 0.2) is 72.8 Å². The highest BCUT2D eigenvalue weighted by Crippen LogP contribution is 2.62. The highest BCUT2D eigenvalue weighted by atomic mass is 19.1. The number of aliphatic hydroxyl groups is 1. The summed E-state index contributed by atoms with van der Waals surface area (Å²) in [6.45, 7) is 5.32. The Bertz CT molecular complexity index is 1240. The summed E-state index contributed by atoms with van der Waals surface area (Å²) in [6.07, 6.45) is 4.79. The van der Waals surface area contributed by atoms with E-state index in [1.54, 1.807) is 12.1 Å². The van der Waals surface area contributed by atoms with E-state index in [0.29, 0.717) is 13.1 Å². The standard InChI is InChI=1S/C32H36FN3O/c1-23-20-31(14-8-9-15-31)36-29-27(23)18-26(33)19-28(29)32(30(36)37)34(21-24-10-4-2-5-11-24)16-17-35(32)22-25-12-6-3-7-13-25/h2-7,10-13,18-19,23,30,37H,8-9,14-17,20-22H2,1H3/t23-,30-/m0/s1. The van der Waals surface area contributed by atoms with Gasteiger partial charge in [-0.2, -0.15) is 0 Å². The average molecular weight is 498 g/mol. The summed E-state index contributed by atoms with van der Waals surface area (Å²) in [5, 5.41) is 12.6. The van der Waals surface area contributed by atoms with Crippen molar-refractivity contribution in [3.63, 3.8) is 0 Å². The van der Waals surface area contributed by atoms with E-state index >= 15 is 4.39 Å². The molecule has 0 bridgehead atoms. The van der Waals surface area contributed by atoms with Crippen LogP contribution in [-0.4, -0.2) is 39.8 Å². The van der Waals surface area contributed by atoms with Gasteiger partial charge in [-0.1, -0.05) is 80.4 Å². The molecule has 5 heteroatoms. The number of rotatable bonds is 4. The van der Waals surface area contributed by atoms with Gasteiger partial charge in [-0.25, -0.2) is 4.39 Å². The SMILES string of the molecule is C[C@H]1CC2(CCCC2)N2c3c1cc(F)cc3C1([C@@H]2O)N(Cc2ccccc2)CCN1Cc1ccccc1. The van der Waals surface area contributed by atoms with Crippen molar-refractivity contribution in [3.05, 3.63) is 101 Å². The van der Waals surface area contributed by atoms with Crippen LogP contribution in [0.5, 0.6) is 0 Å². The fraction of sp³-hybridized carbons (Fsp3) is 0.438. The molecule has 0 aromatic heterocycles. The van der Waals surface area contributed by atoms with Crippen LogP contribution in [0.25, 0.3) is 0 Å². The number of hydrogen-bond acceptors (Lipinski definition) is 4. The van der Waals surface area contributed by atoms with E-state index in [0.717, 1.165) is 49.2 Å². The van der Waals surface area contributed by atoms with Crippen molar-refractivity contribution >= 4 is 5.69 Å². The summed E-state index contributed by atoms with van der Waals surface area (Å²) in [5.74, 6) is 0.0790. The van der Waals surface area contributed by atoms with Gasteiger partial charge in [0, 0.05) is 43.0 Å². The molecule has 4 nitrogen and oxygen atoms in total. The Kier molecular flexibility index (Phi) is 5.47. The lowest BCUT2D eigenvalue weighted by Gasteiger charge is -2.51. The second kappa shape index (κ2) is 8.65. The summed E-state index contributed by atoms with van der Waals surface area (Å²) in [5.41, 5.74) is 4.69. The first-order chi connectivity index (χ1) is 18.0. The molecule has 1 N–H and O–H groups in total. The van der Waals surface area contributed by atoms with Crippen molar-refractivity contribution < 1.29 is 9.50 Å². The second-order valence-electron chi connectivity index (χ2n) is 11.7. The number of aliphatic hydroxyl groups excluding tert-OH is 1. The Morgan fingerprint density at radius 1 is 0.865 bits per heavy atom. The Morgan fingerprint density at radius 2 is 1.43 bits per heavy atom. The quantitative estimate of drug-likeness (QED) is 0.482. The molecule has 1 saturated carbocycles. The molecule has 3 aromatic carbocycles. The predicted molar refractivity (Wildman–Crippen MR) is 144 cm³/mol. The van der Waals surface area contributed by atoms with Crippen LogP contribution in [0.2, 0.25) is 0 Å². The van der Waals surface area contributed by atoms with Crippen molar-refractivity contribution in [2.45, 2.75) is 75.5 Å². The maximum atomic E-state index is 15.4. The van der Waals surface area contributed by atoms with Gasteiger partial charge in [0.15, 0.2) is 6.23 Å². The predicted octanol–water partition coefficient (Wildman–Crippen LogP) is 5.95. The third-order valence-electron chi connectivity index (χ3n) is 9.65. The van der Waals surface area contributed by atoms with Crippen LogP contribution >= 0.6 is 0 Å². The fourth-order valence-corrected chi connectivity index (χ4v) is 8.20. The van der Waals surface area contributed by atoms with Crippen LogP contribution in [0.4, 0.5) is 10.1 Å². The summed E-state index contributed by atoms with van der Waals surface area (Å²) in [4.78, 5) is 7.22. The van der Waals surface area contributed by atoms with E-state index < -0.39 is 11.9 Å². The maximum Gasteiger partial charge on any atom is 0.164 e. The molecule has 7 rings (SSSR count). The van der Waals surface area contributed by atoms with E-state index in [1.807, 2.05) is 12.1 Å². The Balaban J connectivity index is 1.43. The van der Waals surface area contributed by atoms with Crippen LogP contribution in [-0.2, 0) is 18.8 Å². The van der Waals surface area contributed by atoms with Crippen molar-refractivity contribution in [1.82, 2.24) is 9.80 Å². The first kappa shape index (κ1) is 23.4. The smallest absolute Gasteiger partial charge is 0.164 e. The molecule has 0 unspecified atom stereocenters. The molecule has 3 heterocycles. The molecule has 2 atom stereocenters. The first-order valence-electron chi connectivity index (χ1n) is 13.9. The lowest BCUT2D eigenvalue weighted by molar-refractivity contribution is -0.0992. The van der Waals surface area contributed by atoms with Gasteiger partial charge in [-0.3, -0.25) is 9.80 Å². The monoisotopic (exact) mass is 497 g/mol. The number of anilines is 1. The molecular formula is C32H36FN3O. The van der Waals surface area contributed by atoms with E-state index in [1.165, 1.54) is 24.0 Å². The van der Waals surface area contributed by atoms with Gasteiger partial charge >= 0.3 is 0 Å². The zero-order valence-corrected chi connectivity index (χ0v) is 21.6. The Hall–Kier alpha value is -2.73. The summed E-state index contributed by atoms with van der Waals surface area (Å²) in [6, 6.07) is 24.5. The molecular weight excluding hydrogens is 461 g/mol. The number of halogens is 1. The second-order valence-corrected chi connectivity index (χ2v) is 11.7. The lowest BCUT2D eigenvalue weighted by atomic mass is 9.77. The molecule has 4 aliphatic rings. The van der Waals surface area contributed by atoms with E-state index in [4.69, 9.17) is 0 Å². The van der Waals surface area contributed by atoms with E-state index in [9.17, 15) is 5.11 Å². The Morgan fingerprint density at radius 3 is 2.00 bits per heavy atom. The van der Waals surface area contributed by atoms with Crippen molar-refractivity contribution in [3.8, 4) is 0 Å². The maximum absolute atomic E-state index is 15.4. The topological polar surface area (TPSA) is 30.0 Å². The summed E-state index contributed by atoms with van der Waals surface area (Å²) in [7, 11) is 0. The minimum atomic E-state index is -0.808. The van der Waals surface area contributed by atoms with Crippen molar-refractivity contribution in [2.75, 3.05) is 18.0 Å². The molecule has 37 heavy (non-hydrogen) atoms. The summed E-state index contributed by atoms with van der Waals surface area (Å²) >= 11 is 0. The van der Waals surface area contributed by atoms with Gasteiger partial charge in [0.05, 0.1) is 0 Å². The molecule has 2 fully saturated rings. The number of benzene rings is 3. The van der Waals surface area contributed by atoms with E-state index in [-0.39, 0.29) is 17.3 Å². The zero-order valence-electron chi connectivity index (χ0n) is 21.6. The molecule has 1 saturated heterocycles. The first-order valence-corrected chi connectivity index (χ1v) is 13.9. The minimum Gasteiger partial charge on any atom is -0.370 e. The molecule has 1 aliphatic carbocycles. The van der Waals surface area contributed by atoms with Gasteiger partial charge in [0.1, 0.15) is 11.5 Å². The highest BCUT2D eigenvalue weighted by molar-refractivity contribution is 5.72. The van der Waals surface area contributed by atoms with Crippen molar-refractivity contribution in [1.29, 1.82) is 0 Å². The van der Waals surface area contributed by atoms with E-state index in [2.05, 4.69) is 70.2 Å². The fourth-order valence-electron chi connectivity index (χ4n) is 8.20. The van der Waals surface area contributed by atoms with Gasteiger partial charge < -0.3 is 10.0 Å². The van der Waals surface area contributed by atoms with Crippen LogP contribution < -0.4 is 4.90 Å². The highest BCUT2D eigenvalue weighted by Gasteiger charge is 2.65. The van der Waals surface area contributed by atoms with Crippen LogP contribution in [0.3, 0.4) is 0 Å². The van der Waals surface area contributed by atoms with Gasteiger partial charge in [-0.15, -0.1) is 0 Å². The molecule has 2 spiro atoms. The van der Waals surface area contributed by atoms with Crippen LogP contribution in [0, 0.1) is 5.82 Å². The average Bonchev–Trinajstić information content (AvgIpc) is 3.57. The zero-order chi connectivity index (χ0) is 25.2. The lowest BCUT2D eigenvalue weighted by Crippen LogP contribution is -2.63. The number of fused-ring (bicyclic) bond motifs is 2. The molecule has 0 radical (unpaired) electrons. The largest absolute Gasteiger partial charge is 0.370 e. The molecule has 3 aliphatic heterocycles. The molecule has 192 valence electrons. The Labute approximate surface area is 219 Å². The molecule has 3 aromatic rings. The third-order valence-corrected chi connectivity index (χ3v) is 9.65. The van der Waals surface area contributed by atoms with Gasteiger partial charge in [0.25, 0.3) is 0 Å². The molecule has 0 amide bonds. The normalized spacial score (nSPS) is 25.9. The minimum absolute atomic E-state index is 0.0542. The van der Waals surface area contributed by atoms with Crippen LogP contribution in [0.1, 0.15) is 67.2 Å². The van der Waals surface area contributed by atoms with Crippen molar-refractivity contribution in [2.24, 2.45) is 0 Å². The van der Waals surface area contributed by atoms with Gasteiger partial charge in [-0.05, 0) is 54.0 Å². The van der Waals surface area contributed by atoms with Gasteiger partial charge in [0.2, 0.25) is 0 Å². The number of nitrogens with zero attached hydrogens (tertiary/aromatic N) is 3. The number of hydrogen-bond donors (Lipinski definition) is 1. The summed E-state index contributed by atoms with van der Waals surface area (Å²) < 4.78 is 15.4. The third kappa shape index (κ3) is 3.37.